The summed E-state index contributed by atoms with van der Waals surface area (Å²) in [5.41, 5.74) is 0. The Balaban J connectivity index is 1.58. The standard InChI is InChI=1S/C17H19BrO4/c1-19-16-7-2-3-8-17(16)22-12-10-20-9-11-21-15-6-4-5-14(18)13-15/h2-8,13H,9-12H2,1H3. The van der Waals surface area contributed by atoms with Gasteiger partial charge in [-0.3, -0.25) is 0 Å². The van der Waals surface area contributed by atoms with Crippen LogP contribution in [0.15, 0.2) is 53.0 Å². The van der Waals surface area contributed by atoms with Crippen LogP contribution >= 0.6 is 15.9 Å². The van der Waals surface area contributed by atoms with Crippen molar-refractivity contribution in [1.29, 1.82) is 0 Å². The number of ether oxygens (including phenoxy) is 4. The van der Waals surface area contributed by atoms with Crippen LogP contribution in [0, 0.1) is 0 Å². The van der Waals surface area contributed by atoms with Gasteiger partial charge < -0.3 is 18.9 Å². The molecular weight excluding hydrogens is 348 g/mol. The molecule has 0 aliphatic carbocycles. The van der Waals surface area contributed by atoms with Gasteiger partial charge in [-0.05, 0) is 30.3 Å². The largest absolute Gasteiger partial charge is 0.493 e. The molecule has 0 aliphatic heterocycles. The predicted octanol–water partition coefficient (Wildman–Crippen LogP) is 3.93. The highest BCUT2D eigenvalue weighted by molar-refractivity contribution is 9.10. The van der Waals surface area contributed by atoms with E-state index in [9.17, 15) is 0 Å². The van der Waals surface area contributed by atoms with Gasteiger partial charge in [0, 0.05) is 4.47 Å². The number of para-hydroxylation sites is 2. The minimum atomic E-state index is 0.470. The lowest BCUT2D eigenvalue weighted by atomic mass is 10.3. The van der Waals surface area contributed by atoms with Gasteiger partial charge in [-0.2, -0.15) is 0 Å². The van der Waals surface area contributed by atoms with Gasteiger partial charge >= 0.3 is 0 Å². The first-order valence-corrected chi connectivity index (χ1v) is 7.81. The van der Waals surface area contributed by atoms with E-state index in [1.807, 2.05) is 48.5 Å². The molecule has 0 radical (unpaired) electrons. The van der Waals surface area contributed by atoms with Crippen molar-refractivity contribution in [3.05, 3.63) is 53.0 Å². The van der Waals surface area contributed by atoms with Crippen molar-refractivity contribution in [1.82, 2.24) is 0 Å². The van der Waals surface area contributed by atoms with Crippen molar-refractivity contribution in [2.45, 2.75) is 0 Å². The van der Waals surface area contributed by atoms with Gasteiger partial charge in [-0.15, -0.1) is 0 Å². The molecule has 0 heterocycles. The normalized spacial score (nSPS) is 10.3. The maximum atomic E-state index is 5.61. The monoisotopic (exact) mass is 366 g/mol. The van der Waals surface area contributed by atoms with E-state index in [1.165, 1.54) is 0 Å². The molecule has 4 nitrogen and oxygen atoms in total. The molecule has 0 N–H and O–H groups in total. The lowest BCUT2D eigenvalue weighted by Crippen LogP contribution is -2.12. The molecule has 0 fully saturated rings. The summed E-state index contributed by atoms with van der Waals surface area (Å²) in [6.07, 6.45) is 0. The van der Waals surface area contributed by atoms with Crippen molar-refractivity contribution in [2.24, 2.45) is 0 Å². The summed E-state index contributed by atoms with van der Waals surface area (Å²) >= 11 is 3.40. The molecule has 0 aromatic heterocycles. The molecule has 2 aromatic rings. The zero-order valence-electron chi connectivity index (χ0n) is 12.5. The Bertz CT molecular complexity index is 574. The summed E-state index contributed by atoms with van der Waals surface area (Å²) in [4.78, 5) is 0. The zero-order valence-corrected chi connectivity index (χ0v) is 14.0. The fourth-order valence-corrected chi connectivity index (χ4v) is 2.20. The lowest BCUT2D eigenvalue weighted by Gasteiger charge is -2.11. The van der Waals surface area contributed by atoms with Crippen molar-refractivity contribution >= 4 is 15.9 Å². The third-order valence-corrected chi connectivity index (χ3v) is 3.34. The number of methoxy groups -OCH3 is 1. The topological polar surface area (TPSA) is 36.9 Å². The SMILES string of the molecule is COc1ccccc1OCCOCCOc1cccc(Br)c1. The summed E-state index contributed by atoms with van der Waals surface area (Å²) < 4.78 is 22.9. The summed E-state index contributed by atoms with van der Waals surface area (Å²) in [7, 11) is 1.62. The molecule has 2 rings (SSSR count). The molecule has 22 heavy (non-hydrogen) atoms. The molecule has 0 bridgehead atoms. The molecule has 0 saturated carbocycles. The summed E-state index contributed by atoms with van der Waals surface area (Å²) in [5.74, 6) is 2.27. The molecule has 0 atom stereocenters. The van der Waals surface area contributed by atoms with E-state index in [0.29, 0.717) is 26.4 Å². The van der Waals surface area contributed by atoms with E-state index in [1.54, 1.807) is 7.11 Å². The van der Waals surface area contributed by atoms with Gasteiger partial charge in [0.2, 0.25) is 0 Å². The Kier molecular flexibility index (Phi) is 7.06. The molecule has 0 spiro atoms. The fraction of sp³-hybridized carbons (Fsp3) is 0.294. The molecular formula is C17H19BrO4. The van der Waals surface area contributed by atoms with Gasteiger partial charge in [0.05, 0.1) is 20.3 Å². The average molecular weight is 367 g/mol. The highest BCUT2D eigenvalue weighted by Gasteiger charge is 2.01. The van der Waals surface area contributed by atoms with E-state index in [2.05, 4.69) is 15.9 Å². The fourth-order valence-electron chi connectivity index (χ4n) is 1.83. The van der Waals surface area contributed by atoms with Crippen LogP contribution in [0.4, 0.5) is 0 Å². The van der Waals surface area contributed by atoms with Crippen molar-refractivity contribution in [2.75, 3.05) is 33.5 Å². The summed E-state index contributed by atoms with van der Waals surface area (Å²) in [6.45, 7) is 1.99. The Labute approximate surface area is 139 Å². The second-order valence-corrected chi connectivity index (χ2v) is 5.33. The maximum Gasteiger partial charge on any atom is 0.161 e. The van der Waals surface area contributed by atoms with Crippen LogP contribution in [0.5, 0.6) is 17.2 Å². The number of hydrogen-bond donors (Lipinski definition) is 0. The first-order chi connectivity index (χ1) is 10.8. The third-order valence-electron chi connectivity index (χ3n) is 2.85. The molecule has 0 saturated heterocycles. The first kappa shape index (κ1) is 16.6. The van der Waals surface area contributed by atoms with Crippen molar-refractivity contribution in [3.63, 3.8) is 0 Å². The summed E-state index contributed by atoms with van der Waals surface area (Å²) in [5, 5.41) is 0. The lowest BCUT2D eigenvalue weighted by molar-refractivity contribution is 0.0757. The Morgan fingerprint density at radius 2 is 1.55 bits per heavy atom. The van der Waals surface area contributed by atoms with Crippen LogP contribution in [0.2, 0.25) is 0 Å². The van der Waals surface area contributed by atoms with Crippen molar-refractivity contribution < 1.29 is 18.9 Å². The first-order valence-electron chi connectivity index (χ1n) is 7.01. The van der Waals surface area contributed by atoms with Gasteiger partial charge in [0.25, 0.3) is 0 Å². The van der Waals surface area contributed by atoms with Gasteiger partial charge in [0.1, 0.15) is 19.0 Å². The minimum Gasteiger partial charge on any atom is -0.493 e. The van der Waals surface area contributed by atoms with E-state index in [0.717, 1.165) is 21.7 Å². The highest BCUT2D eigenvalue weighted by atomic mass is 79.9. The highest BCUT2D eigenvalue weighted by Crippen LogP contribution is 2.25. The van der Waals surface area contributed by atoms with Crippen LogP contribution in [-0.4, -0.2) is 33.5 Å². The van der Waals surface area contributed by atoms with Crippen LogP contribution in [0.25, 0.3) is 0 Å². The number of halogens is 1. The Morgan fingerprint density at radius 3 is 2.27 bits per heavy atom. The quantitative estimate of drug-likeness (QED) is 0.630. The minimum absolute atomic E-state index is 0.470. The van der Waals surface area contributed by atoms with Gasteiger partial charge in [-0.1, -0.05) is 34.1 Å². The number of hydrogen-bond acceptors (Lipinski definition) is 4. The third kappa shape index (κ3) is 5.58. The summed E-state index contributed by atoms with van der Waals surface area (Å²) in [6, 6.07) is 15.3. The Morgan fingerprint density at radius 1 is 0.818 bits per heavy atom. The van der Waals surface area contributed by atoms with Crippen LogP contribution in [0.1, 0.15) is 0 Å². The second kappa shape index (κ2) is 9.33. The molecule has 0 amide bonds. The van der Waals surface area contributed by atoms with Gasteiger partial charge in [0.15, 0.2) is 11.5 Å². The maximum absolute atomic E-state index is 5.61. The predicted molar refractivity (Wildman–Crippen MR) is 88.9 cm³/mol. The second-order valence-electron chi connectivity index (χ2n) is 4.42. The van der Waals surface area contributed by atoms with Crippen LogP contribution in [0.3, 0.4) is 0 Å². The van der Waals surface area contributed by atoms with E-state index in [4.69, 9.17) is 18.9 Å². The molecule has 0 unspecified atom stereocenters. The van der Waals surface area contributed by atoms with Crippen molar-refractivity contribution in [3.8, 4) is 17.2 Å². The van der Waals surface area contributed by atoms with E-state index in [-0.39, 0.29) is 0 Å². The number of rotatable bonds is 9. The smallest absolute Gasteiger partial charge is 0.161 e. The van der Waals surface area contributed by atoms with E-state index >= 15 is 0 Å². The van der Waals surface area contributed by atoms with E-state index < -0.39 is 0 Å². The molecule has 5 heteroatoms. The number of benzene rings is 2. The van der Waals surface area contributed by atoms with Crippen LogP contribution < -0.4 is 14.2 Å². The zero-order chi connectivity index (χ0) is 15.6. The molecule has 0 aliphatic rings. The molecule has 2 aromatic carbocycles. The van der Waals surface area contributed by atoms with Gasteiger partial charge in [-0.25, -0.2) is 0 Å². The molecule has 118 valence electrons. The average Bonchev–Trinajstić information content (AvgIpc) is 2.54. The van der Waals surface area contributed by atoms with Crippen LogP contribution in [-0.2, 0) is 4.74 Å². The Hall–Kier alpha value is -1.72.